The molecular weight excluding hydrogens is 398 g/mol. The Morgan fingerprint density at radius 3 is 2.71 bits per heavy atom. The van der Waals surface area contributed by atoms with Gasteiger partial charge in [-0.15, -0.1) is 0 Å². The molecule has 1 spiro atoms. The van der Waals surface area contributed by atoms with E-state index in [0.717, 1.165) is 34.9 Å². The number of fused-ring (bicyclic) bond motifs is 1. The van der Waals surface area contributed by atoms with Crippen molar-refractivity contribution in [3.63, 3.8) is 0 Å². The summed E-state index contributed by atoms with van der Waals surface area (Å²) in [7, 11) is 0. The van der Waals surface area contributed by atoms with Crippen molar-refractivity contribution in [2.75, 3.05) is 18.5 Å². The van der Waals surface area contributed by atoms with Crippen molar-refractivity contribution in [2.45, 2.75) is 38.1 Å². The summed E-state index contributed by atoms with van der Waals surface area (Å²) in [5, 5.41) is 7.48. The minimum atomic E-state index is -0.928. The molecule has 162 valence electrons. The molecule has 8 heteroatoms. The van der Waals surface area contributed by atoms with E-state index in [1.54, 1.807) is 6.07 Å². The van der Waals surface area contributed by atoms with Crippen molar-refractivity contribution in [3.8, 4) is 0 Å². The number of anilines is 1. The molecule has 2 aromatic carbocycles. The van der Waals surface area contributed by atoms with Crippen LogP contribution in [0.1, 0.15) is 32.6 Å². The average Bonchev–Trinajstić information content (AvgIpc) is 2.99. The van der Waals surface area contributed by atoms with Crippen LogP contribution >= 0.6 is 0 Å². The van der Waals surface area contributed by atoms with Crippen LogP contribution in [0, 0.1) is 5.92 Å². The number of rotatable bonds is 5. The number of hydrogen-bond donors (Lipinski definition) is 2. The predicted octanol–water partition coefficient (Wildman–Crippen LogP) is 2.82. The second kappa shape index (κ2) is 8.37. The number of urea groups is 1. The van der Waals surface area contributed by atoms with Crippen LogP contribution in [-0.2, 0) is 19.1 Å². The van der Waals surface area contributed by atoms with Gasteiger partial charge in [0.25, 0.3) is 11.8 Å². The third-order valence-electron chi connectivity index (χ3n) is 6.19. The van der Waals surface area contributed by atoms with E-state index in [1.807, 2.05) is 43.3 Å². The Balaban J connectivity index is 1.31. The minimum Gasteiger partial charge on any atom is -0.454 e. The lowest BCUT2D eigenvalue weighted by Gasteiger charge is -2.36. The normalized spacial score (nSPS) is 23.1. The van der Waals surface area contributed by atoms with Gasteiger partial charge in [0.1, 0.15) is 12.1 Å². The van der Waals surface area contributed by atoms with Crippen LogP contribution in [0.15, 0.2) is 42.5 Å². The van der Waals surface area contributed by atoms with Crippen LogP contribution in [0.4, 0.5) is 10.5 Å². The van der Waals surface area contributed by atoms with Crippen molar-refractivity contribution < 1.29 is 23.9 Å². The second-order valence-electron chi connectivity index (χ2n) is 8.21. The van der Waals surface area contributed by atoms with Gasteiger partial charge >= 0.3 is 12.0 Å². The van der Waals surface area contributed by atoms with Crippen LogP contribution in [-0.4, -0.2) is 47.4 Å². The number of carbonyl (C=O) groups is 4. The fourth-order valence-corrected chi connectivity index (χ4v) is 4.42. The second-order valence-corrected chi connectivity index (χ2v) is 8.21. The third kappa shape index (κ3) is 4.10. The zero-order chi connectivity index (χ0) is 22.0. The molecule has 0 aromatic heterocycles. The van der Waals surface area contributed by atoms with Crippen molar-refractivity contribution in [1.29, 1.82) is 0 Å². The Bertz CT molecular complexity index is 1050. The van der Waals surface area contributed by atoms with Gasteiger partial charge in [0.15, 0.2) is 6.61 Å². The average molecular weight is 423 g/mol. The largest absolute Gasteiger partial charge is 0.454 e. The molecule has 2 aromatic rings. The van der Waals surface area contributed by atoms with Crippen molar-refractivity contribution >= 4 is 40.3 Å². The fraction of sp³-hybridized carbons (Fsp3) is 0.391. The molecule has 1 aliphatic heterocycles. The van der Waals surface area contributed by atoms with Gasteiger partial charge in [0.2, 0.25) is 0 Å². The molecule has 1 saturated heterocycles. The van der Waals surface area contributed by atoms with E-state index in [9.17, 15) is 19.2 Å². The van der Waals surface area contributed by atoms with E-state index in [4.69, 9.17) is 4.74 Å². The Morgan fingerprint density at radius 2 is 1.94 bits per heavy atom. The quantitative estimate of drug-likeness (QED) is 0.568. The number of nitrogens with zero attached hydrogens (tertiary/aromatic N) is 1. The number of carbonyl (C=O) groups excluding carboxylic acids is 4. The van der Waals surface area contributed by atoms with Crippen LogP contribution in [0.3, 0.4) is 0 Å². The first-order valence-corrected chi connectivity index (χ1v) is 10.5. The van der Waals surface area contributed by atoms with Gasteiger partial charge in [0.05, 0.1) is 0 Å². The molecule has 4 rings (SSSR count). The van der Waals surface area contributed by atoms with Crippen molar-refractivity contribution in [1.82, 2.24) is 10.2 Å². The predicted molar refractivity (Wildman–Crippen MR) is 114 cm³/mol. The van der Waals surface area contributed by atoms with Gasteiger partial charge in [-0.25, -0.2) is 4.79 Å². The zero-order valence-electron chi connectivity index (χ0n) is 17.3. The highest BCUT2D eigenvalue weighted by molar-refractivity contribution is 6.09. The molecule has 1 heterocycles. The van der Waals surface area contributed by atoms with E-state index in [1.165, 1.54) is 0 Å². The lowest BCUT2D eigenvalue weighted by atomic mass is 9.73. The number of ether oxygens (including phenoxy) is 1. The van der Waals surface area contributed by atoms with Gasteiger partial charge in [-0.05, 0) is 41.7 Å². The smallest absolute Gasteiger partial charge is 0.326 e. The molecule has 2 N–H and O–H groups in total. The van der Waals surface area contributed by atoms with Crippen LogP contribution in [0.2, 0.25) is 0 Å². The topological polar surface area (TPSA) is 105 Å². The number of imide groups is 1. The number of nitrogens with one attached hydrogen (secondary N) is 2. The highest BCUT2D eigenvalue weighted by Gasteiger charge is 2.55. The van der Waals surface area contributed by atoms with Gasteiger partial charge in [-0.3, -0.25) is 19.3 Å². The van der Waals surface area contributed by atoms with Crippen LogP contribution in [0.5, 0.6) is 0 Å². The van der Waals surface area contributed by atoms with Gasteiger partial charge < -0.3 is 15.4 Å². The monoisotopic (exact) mass is 423 g/mol. The van der Waals surface area contributed by atoms with E-state index >= 15 is 0 Å². The fourth-order valence-electron chi connectivity index (χ4n) is 4.42. The molecular formula is C23H25N3O5. The molecule has 4 amide bonds. The summed E-state index contributed by atoms with van der Waals surface area (Å²) in [5.41, 5.74) is -0.342. The summed E-state index contributed by atoms with van der Waals surface area (Å²) in [4.78, 5) is 50.5. The van der Waals surface area contributed by atoms with Gasteiger partial charge in [0, 0.05) is 5.69 Å². The molecule has 2 aliphatic rings. The molecule has 2 fully saturated rings. The SMILES string of the molecule is C[C@@H]1CCCC[C@@]12NC(=O)N(CC(=O)OCC(=O)Nc1ccc3ccccc3c1)C2=O. The highest BCUT2D eigenvalue weighted by Crippen LogP contribution is 2.38. The lowest BCUT2D eigenvalue weighted by Crippen LogP contribution is -2.54. The molecule has 1 saturated carbocycles. The molecule has 0 radical (unpaired) electrons. The molecule has 31 heavy (non-hydrogen) atoms. The van der Waals surface area contributed by atoms with Gasteiger partial charge in [-0.1, -0.05) is 50.1 Å². The Labute approximate surface area is 179 Å². The molecule has 1 aliphatic carbocycles. The lowest BCUT2D eigenvalue weighted by molar-refractivity contribution is -0.150. The van der Waals surface area contributed by atoms with Crippen molar-refractivity contribution in [2.24, 2.45) is 5.92 Å². The number of esters is 1. The third-order valence-corrected chi connectivity index (χ3v) is 6.19. The zero-order valence-corrected chi connectivity index (χ0v) is 17.3. The minimum absolute atomic E-state index is 0.00597. The molecule has 8 nitrogen and oxygen atoms in total. The summed E-state index contributed by atoms with van der Waals surface area (Å²) < 4.78 is 5.00. The number of amides is 4. The summed E-state index contributed by atoms with van der Waals surface area (Å²) >= 11 is 0. The highest BCUT2D eigenvalue weighted by atomic mass is 16.5. The summed E-state index contributed by atoms with van der Waals surface area (Å²) in [6.45, 7) is 0.926. The van der Waals surface area contributed by atoms with E-state index in [-0.39, 0.29) is 11.8 Å². The number of hydrogen-bond acceptors (Lipinski definition) is 5. The maximum Gasteiger partial charge on any atom is 0.326 e. The standard InChI is InChI=1S/C23H25N3O5/c1-15-6-4-5-11-23(15)21(29)26(22(30)25-23)13-20(28)31-14-19(27)24-18-10-9-16-7-2-3-8-17(16)12-18/h2-3,7-10,12,15H,4-6,11,13-14H2,1H3,(H,24,27)(H,25,30)/t15-,23-/m1/s1. The maximum atomic E-state index is 12.9. The Morgan fingerprint density at radius 1 is 1.16 bits per heavy atom. The van der Waals surface area contributed by atoms with E-state index < -0.39 is 36.6 Å². The van der Waals surface area contributed by atoms with Gasteiger partial charge in [-0.2, -0.15) is 0 Å². The summed E-state index contributed by atoms with van der Waals surface area (Å²) in [5.74, 6) is -1.69. The Hall–Kier alpha value is -3.42. The van der Waals surface area contributed by atoms with E-state index in [0.29, 0.717) is 12.1 Å². The molecule has 2 atom stereocenters. The summed E-state index contributed by atoms with van der Waals surface area (Å²) in [6, 6.07) is 12.6. The first-order chi connectivity index (χ1) is 14.9. The number of benzene rings is 2. The van der Waals surface area contributed by atoms with Crippen molar-refractivity contribution in [3.05, 3.63) is 42.5 Å². The van der Waals surface area contributed by atoms with Crippen LogP contribution < -0.4 is 10.6 Å². The van der Waals surface area contributed by atoms with Crippen LogP contribution in [0.25, 0.3) is 10.8 Å². The maximum absolute atomic E-state index is 12.9. The first-order valence-electron chi connectivity index (χ1n) is 10.5. The summed E-state index contributed by atoms with van der Waals surface area (Å²) in [6.07, 6.45) is 3.28. The Kier molecular flexibility index (Phi) is 5.63. The molecule has 0 bridgehead atoms. The molecule has 0 unspecified atom stereocenters. The van der Waals surface area contributed by atoms with E-state index in [2.05, 4.69) is 10.6 Å². The first kappa shape index (κ1) is 20.8.